The van der Waals surface area contributed by atoms with E-state index in [0.29, 0.717) is 27.9 Å². The maximum atomic E-state index is 12.8. The van der Waals surface area contributed by atoms with Gasteiger partial charge < -0.3 is 0 Å². The van der Waals surface area contributed by atoms with Gasteiger partial charge in [-0.15, -0.1) is 0 Å². The Kier molecular flexibility index (Phi) is 3.63. The van der Waals surface area contributed by atoms with E-state index in [9.17, 15) is 9.59 Å². The van der Waals surface area contributed by atoms with Crippen molar-refractivity contribution in [2.24, 2.45) is 0 Å². The lowest BCUT2D eigenvalue weighted by Gasteiger charge is -2.04. The molecule has 1 aromatic carbocycles. The standard InChI is InChI=1S/C20H12BrN5O2/c1-25-19(27)14-10-23-18-16(15(14)20(25)28)17(11-6-8-22-9-7-11)24-26(18)13-4-2-12(21)3-5-13/h2-10H,1H3. The second-order valence-corrected chi connectivity index (χ2v) is 7.30. The molecule has 0 aliphatic carbocycles. The van der Waals surface area contributed by atoms with Crippen LogP contribution in [0.2, 0.25) is 0 Å². The number of aromatic nitrogens is 4. The second-order valence-electron chi connectivity index (χ2n) is 6.39. The smallest absolute Gasteiger partial charge is 0.262 e. The highest BCUT2D eigenvalue weighted by Crippen LogP contribution is 2.36. The average Bonchev–Trinajstić information content (AvgIpc) is 3.21. The van der Waals surface area contributed by atoms with Crippen LogP contribution in [0.3, 0.4) is 0 Å². The zero-order valence-electron chi connectivity index (χ0n) is 14.6. The van der Waals surface area contributed by atoms with Crippen molar-refractivity contribution in [1.82, 2.24) is 24.6 Å². The molecule has 1 aliphatic heterocycles. The van der Waals surface area contributed by atoms with Crippen LogP contribution in [-0.2, 0) is 0 Å². The van der Waals surface area contributed by atoms with E-state index in [-0.39, 0.29) is 11.8 Å². The maximum absolute atomic E-state index is 12.8. The van der Waals surface area contributed by atoms with Crippen LogP contribution in [0, 0.1) is 0 Å². The van der Waals surface area contributed by atoms with Gasteiger partial charge in [0.05, 0.1) is 22.2 Å². The molecule has 5 rings (SSSR count). The van der Waals surface area contributed by atoms with Crippen LogP contribution >= 0.6 is 15.9 Å². The number of halogens is 1. The van der Waals surface area contributed by atoms with Gasteiger partial charge in [-0.1, -0.05) is 15.9 Å². The van der Waals surface area contributed by atoms with Crippen LogP contribution in [0.15, 0.2) is 59.5 Å². The molecule has 4 heterocycles. The van der Waals surface area contributed by atoms with Crippen molar-refractivity contribution in [3.63, 3.8) is 0 Å². The SMILES string of the molecule is CN1C(=O)c2cnc3c(c(-c4ccncc4)nn3-c3ccc(Br)cc3)c2C1=O. The third kappa shape index (κ3) is 2.31. The normalized spacial score (nSPS) is 13.4. The summed E-state index contributed by atoms with van der Waals surface area (Å²) in [5.41, 5.74) is 3.33. The number of carbonyl (C=O) groups is 2. The topological polar surface area (TPSA) is 81.0 Å². The molecule has 0 atom stereocenters. The van der Waals surface area contributed by atoms with Gasteiger partial charge >= 0.3 is 0 Å². The Bertz CT molecular complexity index is 1270. The second kappa shape index (κ2) is 6.07. The summed E-state index contributed by atoms with van der Waals surface area (Å²) in [4.78, 5) is 34.9. The minimum atomic E-state index is -0.355. The van der Waals surface area contributed by atoms with Gasteiger partial charge in [-0.2, -0.15) is 5.10 Å². The number of nitrogens with zero attached hydrogens (tertiary/aromatic N) is 5. The third-order valence-electron chi connectivity index (χ3n) is 4.77. The summed E-state index contributed by atoms with van der Waals surface area (Å²) < 4.78 is 2.63. The summed E-state index contributed by atoms with van der Waals surface area (Å²) in [6.07, 6.45) is 4.78. The predicted molar refractivity (Wildman–Crippen MR) is 106 cm³/mol. The van der Waals surface area contributed by atoms with Gasteiger partial charge in [0.2, 0.25) is 0 Å². The van der Waals surface area contributed by atoms with E-state index in [1.165, 1.54) is 13.2 Å². The molecule has 1 aliphatic rings. The first-order valence-corrected chi connectivity index (χ1v) is 9.26. The number of benzene rings is 1. The number of carbonyl (C=O) groups excluding carboxylic acids is 2. The fourth-order valence-corrected chi connectivity index (χ4v) is 3.65. The van der Waals surface area contributed by atoms with E-state index >= 15 is 0 Å². The van der Waals surface area contributed by atoms with Crippen LogP contribution in [0.25, 0.3) is 28.0 Å². The highest BCUT2D eigenvalue weighted by atomic mass is 79.9. The van der Waals surface area contributed by atoms with Crippen molar-refractivity contribution in [2.75, 3.05) is 7.05 Å². The van der Waals surface area contributed by atoms with Gasteiger partial charge in [-0.05, 0) is 36.4 Å². The summed E-state index contributed by atoms with van der Waals surface area (Å²) in [5, 5.41) is 5.31. The first kappa shape index (κ1) is 16.8. The number of fused-ring (bicyclic) bond motifs is 3. The zero-order valence-corrected chi connectivity index (χ0v) is 16.2. The lowest BCUT2D eigenvalue weighted by Crippen LogP contribution is -2.24. The van der Waals surface area contributed by atoms with Gasteiger partial charge in [0.1, 0.15) is 5.69 Å². The summed E-state index contributed by atoms with van der Waals surface area (Å²) in [6, 6.07) is 11.3. The molecule has 0 unspecified atom stereocenters. The third-order valence-corrected chi connectivity index (χ3v) is 5.30. The van der Waals surface area contributed by atoms with Crippen molar-refractivity contribution in [3.8, 4) is 16.9 Å². The summed E-state index contributed by atoms with van der Waals surface area (Å²) in [6.45, 7) is 0. The van der Waals surface area contributed by atoms with Crippen LogP contribution < -0.4 is 0 Å². The van der Waals surface area contributed by atoms with Crippen LogP contribution in [0.1, 0.15) is 20.7 Å². The molecular weight excluding hydrogens is 422 g/mol. The molecule has 0 N–H and O–H groups in total. The Hall–Kier alpha value is -3.39. The lowest BCUT2D eigenvalue weighted by molar-refractivity contribution is 0.0693. The fraction of sp³-hybridized carbons (Fsp3) is 0.0500. The molecule has 28 heavy (non-hydrogen) atoms. The predicted octanol–water partition coefficient (Wildman–Crippen LogP) is 3.47. The maximum Gasteiger partial charge on any atom is 0.262 e. The highest BCUT2D eigenvalue weighted by Gasteiger charge is 2.37. The molecule has 7 nitrogen and oxygen atoms in total. The number of rotatable bonds is 2. The van der Waals surface area contributed by atoms with E-state index in [1.807, 2.05) is 36.4 Å². The summed E-state index contributed by atoms with van der Waals surface area (Å²) >= 11 is 3.43. The van der Waals surface area contributed by atoms with Crippen molar-refractivity contribution >= 4 is 38.8 Å². The Morgan fingerprint density at radius 1 is 0.964 bits per heavy atom. The van der Waals surface area contributed by atoms with E-state index in [2.05, 4.69) is 25.9 Å². The Morgan fingerprint density at radius 2 is 1.68 bits per heavy atom. The van der Waals surface area contributed by atoms with Gasteiger partial charge in [0, 0.05) is 35.7 Å². The number of hydrogen-bond acceptors (Lipinski definition) is 5. The first-order chi connectivity index (χ1) is 13.6. The number of imide groups is 1. The lowest BCUT2D eigenvalue weighted by atomic mass is 10.0. The average molecular weight is 434 g/mol. The quantitative estimate of drug-likeness (QED) is 0.452. The first-order valence-electron chi connectivity index (χ1n) is 8.46. The molecule has 4 aromatic rings. The summed E-state index contributed by atoms with van der Waals surface area (Å²) in [5.74, 6) is -0.704. The molecule has 0 bridgehead atoms. The molecule has 3 aromatic heterocycles. The van der Waals surface area contributed by atoms with E-state index in [1.54, 1.807) is 17.1 Å². The van der Waals surface area contributed by atoms with E-state index < -0.39 is 0 Å². The molecule has 2 amide bonds. The largest absolute Gasteiger partial charge is 0.277 e. The van der Waals surface area contributed by atoms with Gasteiger partial charge in [-0.25, -0.2) is 9.67 Å². The molecule has 8 heteroatoms. The fourth-order valence-electron chi connectivity index (χ4n) is 3.38. The van der Waals surface area contributed by atoms with Crippen molar-refractivity contribution in [2.45, 2.75) is 0 Å². The highest BCUT2D eigenvalue weighted by molar-refractivity contribution is 9.10. The molecular formula is C20H12BrN5O2. The van der Waals surface area contributed by atoms with Crippen molar-refractivity contribution < 1.29 is 9.59 Å². The molecule has 0 saturated carbocycles. The monoisotopic (exact) mass is 433 g/mol. The summed E-state index contributed by atoms with van der Waals surface area (Å²) in [7, 11) is 1.47. The van der Waals surface area contributed by atoms with Gasteiger partial charge in [0.15, 0.2) is 5.65 Å². The Labute approximate surface area is 167 Å². The van der Waals surface area contributed by atoms with Crippen LogP contribution in [0.5, 0.6) is 0 Å². The molecule has 0 saturated heterocycles. The minimum Gasteiger partial charge on any atom is -0.277 e. The molecule has 136 valence electrons. The number of hydrogen-bond donors (Lipinski definition) is 0. The van der Waals surface area contributed by atoms with Crippen LogP contribution in [-0.4, -0.2) is 43.5 Å². The Balaban J connectivity index is 1.89. The van der Waals surface area contributed by atoms with E-state index in [4.69, 9.17) is 5.10 Å². The number of pyridine rings is 2. The molecule has 0 spiro atoms. The number of amides is 2. The minimum absolute atomic E-state index is 0.297. The molecule has 0 radical (unpaired) electrons. The molecule has 0 fully saturated rings. The van der Waals surface area contributed by atoms with Crippen molar-refractivity contribution in [3.05, 3.63) is 70.6 Å². The zero-order chi connectivity index (χ0) is 19.4. The van der Waals surface area contributed by atoms with E-state index in [0.717, 1.165) is 20.6 Å². The van der Waals surface area contributed by atoms with Gasteiger partial charge in [-0.3, -0.25) is 19.5 Å². The van der Waals surface area contributed by atoms with Crippen LogP contribution in [0.4, 0.5) is 0 Å². The van der Waals surface area contributed by atoms with Crippen molar-refractivity contribution in [1.29, 1.82) is 0 Å². The Morgan fingerprint density at radius 3 is 2.39 bits per heavy atom. The van der Waals surface area contributed by atoms with Gasteiger partial charge in [0.25, 0.3) is 11.8 Å².